The molecule has 2 heteroatoms. The number of benzene rings is 1. The maximum absolute atomic E-state index is 9.63. The topological polar surface area (TPSA) is 20.2 Å². The second-order valence-electron chi connectivity index (χ2n) is 4.27. The molecule has 0 spiro atoms. The molecule has 0 bridgehead atoms. The van der Waals surface area contributed by atoms with Crippen molar-refractivity contribution in [3.8, 4) is 5.75 Å². The molecule has 0 aliphatic carbocycles. The standard InChI is InChI=1S/C11H16O.H2S/c1-8-5-6-9(10(12)7-8)11(2,3)4;/h5-7,12H,1-4H3;1H2. The molecule has 74 valence electrons. The molecule has 0 amide bonds. The first kappa shape index (κ1) is 12.4. The van der Waals surface area contributed by atoms with Gasteiger partial charge >= 0.3 is 0 Å². The molecule has 0 saturated heterocycles. The van der Waals surface area contributed by atoms with E-state index >= 15 is 0 Å². The number of phenols is 1. The quantitative estimate of drug-likeness (QED) is 0.679. The second kappa shape index (κ2) is 4.05. The van der Waals surface area contributed by atoms with Crippen molar-refractivity contribution in [2.24, 2.45) is 0 Å². The van der Waals surface area contributed by atoms with Crippen LogP contribution in [0.15, 0.2) is 18.2 Å². The molecule has 0 radical (unpaired) electrons. The number of hydrogen-bond acceptors (Lipinski definition) is 1. The maximum atomic E-state index is 9.63. The summed E-state index contributed by atoms with van der Waals surface area (Å²) in [4.78, 5) is 0. The first-order valence-electron chi connectivity index (χ1n) is 4.21. The fourth-order valence-electron chi connectivity index (χ4n) is 1.28. The van der Waals surface area contributed by atoms with Crippen LogP contribution in [0.25, 0.3) is 0 Å². The minimum atomic E-state index is 0. The number of aromatic hydroxyl groups is 1. The van der Waals surface area contributed by atoms with Gasteiger partial charge in [-0.2, -0.15) is 13.5 Å². The Bertz CT molecular complexity index is 287. The normalized spacial score (nSPS) is 10.8. The molecule has 0 atom stereocenters. The molecule has 0 saturated carbocycles. The van der Waals surface area contributed by atoms with Gasteiger partial charge in [-0.1, -0.05) is 32.9 Å². The molecule has 1 rings (SSSR count). The molecule has 1 N–H and O–H groups in total. The first-order valence-corrected chi connectivity index (χ1v) is 4.21. The predicted octanol–water partition coefficient (Wildman–Crippen LogP) is 3.11. The smallest absolute Gasteiger partial charge is 0.119 e. The van der Waals surface area contributed by atoms with E-state index in [0.717, 1.165) is 11.1 Å². The average Bonchev–Trinajstić information content (AvgIpc) is 1.83. The highest BCUT2D eigenvalue weighted by Gasteiger charge is 2.17. The van der Waals surface area contributed by atoms with Crippen molar-refractivity contribution in [3.63, 3.8) is 0 Å². The van der Waals surface area contributed by atoms with Crippen LogP contribution in [0.5, 0.6) is 5.75 Å². The van der Waals surface area contributed by atoms with Gasteiger partial charge in [0.15, 0.2) is 0 Å². The largest absolute Gasteiger partial charge is 0.508 e. The molecule has 1 aromatic carbocycles. The zero-order chi connectivity index (χ0) is 9.35. The highest BCUT2D eigenvalue weighted by molar-refractivity contribution is 7.59. The van der Waals surface area contributed by atoms with Crippen molar-refractivity contribution in [3.05, 3.63) is 29.3 Å². The molecule has 0 heterocycles. The molecule has 0 unspecified atom stereocenters. The van der Waals surface area contributed by atoms with E-state index in [9.17, 15) is 5.11 Å². The molecular formula is C11H18OS. The minimum absolute atomic E-state index is 0. The number of hydrogen-bond donors (Lipinski definition) is 1. The van der Waals surface area contributed by atoms with E-state index < -0.39 is 0 Å². The molecule has 0 aliphatic heterocycles. The summed E-state index contributed by atoms with van der Waals surface area (Å²) in [6.07, 6.45) is 0. The van der Waals surface area contributed by atoms with Crippen LogP contribution in [0, 0.1) is 6.92 Å². The fraction of sp³-hybridized carbons (Fsp3) is 0.455. The van der Waals surface area contributed by atoms with E-state index in [1.165, 1.54) is 0 Å². The lowest BCUT2D eigenvalue weighted by atomic mass is 9.86. The van der Waals surface area contributed by atoms with Crippen LogP contribution < -0.4 is 0 Å². The van der Waals surface area contributed by atoms with E-state index in [4.69, 9.17) is 0 Å². The highest BCUT2D eigenvalue weighted by Crippen LogP contribution is 2.30. The number of rotatable bonds is 0. The first-order chi connectivity index (χ1) is 5.41. The number of aryl methyl sites for hydroxylation is 1. The van der Waals surface area contributed by atoms with Crippen LogP contribution in [0.3, 0.4) is 0 Å². The molecule has 0 aliphatic rings. The van der Waals surface area contributed by atoms with Gasteiger partial charge in [-0.25, -0.2) is 0 Å². The molecular weight excluding hydrogens is 180 g/mol. The third-order valence-electron chi connectivity index (χ3n) is 1.96. The molecule has 1 aromatic rings. The van der Waals surface area contributed by atoms with Gasteiger partial charge in [0.1, 0.15) is 5.75 Å². The monoisotopic (exact) mass is 198 g/mol. The van der Waals surface area contributed by atoms with Crippen LogP contribution >= 0.6 is 13.5 Å². The van der Waals surface area contributed by atoms with Gasteiger partial charge in [-0.05, 0) is 29.5 Å². The van der Waals surface area contributed by atoms with E-state index in [1.54, 1.807) is 6.07 Å². The van der Waals surface area contributed by atoms with Crippen LogP contribution in [0.1, 0.15) is 31.9 Å². The molecule has 0 aromatic heterocycles. The summed E-state index contributed by atoms with van der Waals surface area (Å²) < 4.78 is 0. The summed E-state index contributed by atoms with van der Waals surface area (Å²) in [5.74, 6) is 0.405. The average molecular weight is 198 g/mol. The predicted molar refractivity (Wildman–Crippen MR) is 61.9 cm³/mol. The Morgan fingerprint density at radius 1 is 1.15 bits per heavy atom. The van der Waals surface area contributed by atoms with Crippen LogP contribution in [0.4, 0.5) is 0 Å². The van der Waals surface area contributed by atoms with Gasteiger partial charge in [-0.3, -0.25) is 0 Å². The summed E-state index contributed by atoms with van der Waals surface area (Å²) in [6.45, 7) is 8.26. The van der Waals surface area contributed by atoms with Crippen molar-refractivity contribution in [2.75, 3.05) is 0 Å². The Morgan fingerprint density at radius 3 is 2.08 bits per heavy atom. The summed E-state index contributed by atoms with van der Waals surface area (Å²) in [7, 11) is 0. The van der Waals surface area contributed by atoms with Gasteiger partial charge in [-0.15, -0.1) is 0 Å². The Balaban J connectivity index is 0.00000144. The van der Waals surface area contributed by atoms with Crippen LogP contribution in [-0.4, -0.2) is 5.11 Å². The van der Waals surface area contributed by atoms with Crippen molar-refractivity contribution in [1.29, 1.82) is 0 Å². The lowest BCUT2D eigenvalue weighted by molar-refractivity contribution is 0.446. The Labute approximate surface area is 87.2 Å². The zero-order valence-corrected chi connectivity index (χ0v) is 9.68. The van der Waals surface area contributed by atoms with E-state index in [0.29, 0.717) is 5.75 Å². The van der Waals surface area contributed by atoms with Crippen molar-refractivity contribution >= 4 is 13.5 Å². The lowest BCUT2D eigenvalue weighted by Gasteiger charge is -2.20. The Kier molecular flexibility index (Phi) is 3.86. The van der Waals surface area contributed by atoms with Crippen molar-refractivity contribution < 1.29 is 5.11 Å². The second-order valence-corrected chi connectivity index (χ2v) is 4.27. The summed E-state index contributed by atoms with van der Waals surface area (Å²) in [5, 5.41) is 9.63. The maximum Gasteiger partial charge on any atom is 0.119 e. The lowest BCUT2D eigenvalue weighted by Crippen LogP contribution is -2.11. The van der Waals surface area contributed by atoms with E-state index in [1.807, 2.05) is 19.1 Å². The summed E-state index contributed by atoms with van der Waals surface area (Å²) in [6, 6.07) is 5.82. The Morgan fingerprint density at radius 2 is 1.69 bits per heavy atom. The van der Waals surface area contributed by atoms with Gasteiger partial charge < -0.3 is 5.11 Å². The van der Waals surface area contributed by atoms with Crippen LogP contribution in [0.2, 0.25) is 0 Å². The highest BCUT2D eigenvalue weighted by atomic mass is 32.1. The van der Waals surface area contributed by atoms with Crippen LogP contribution in [-0.2, 0) is 5.41 Å². The third kappa shape index (κ3) is 2.96. The molecule has 1 nitrogen and oxygen atoms in total. The van der Waals surface area contributed by atoms with Gasteiger partial charge in [0.2, 0.25) is 0 Å². The van der Waals surface area contributed by atoms with Gasteiger partial charge in [0.25, 0.3) is 0 Å². The fourth-order valence-corrected chi connectivity index (χ4v) is 1.28. The molecule has 13 heavy (non-hydrogen) atoms. The van der Waals surface area contributed by atoms with E-state index in [-0.39, 0.29) is 18.9 Å². The summed E-state index contributed by atoms with van der Waals surface area (Å²) >= 11 is 0. The minimum Gasteiger partial charge on any atom is -0.508 e. The number of phenolic OH excluding ortho intramolecular Hbond substituents is 1. The SMILES string of the molecule is Cc1ccc(C(C)(C)C)c(O)c1.S. The van der Waals surface area contributed by atoms with Gasteiger partial charge in [0, 0.05) is 0 Å². The van der Waals surface area contributed by atoms with Gasteiger partial charge in [0.05, 0.1) is 0 Å². The zero-order valence-electron chi connectivity index (χ0n) is 8.68. The Hall–Kier alpha value is -0.630. The third-order valence-corrected chi connectivity index (χ3v) is 1.96. The molecule has 0 fully saturated rings. The van der Waals surface area contributed by atoms with Crippen molar-refractivity contribution in [1.82, 2.24) is 0 Å². The van der Waals surface area contributed by atoms with Crippen molar-refractivity contribution in [2.45, 2.75) is 33.1 Å². The van der Waals surface area contributed by atoms with E-state index in [2.05, 4.69) is 20.8 Å². The summed E-state index contributed by atoms with van der Waals surface area (Å²) in [5.41, 5.74) is 2.13.